The molecule has 0 bridgehead atoms. The van der Waals surface area contributed by atoms with Crippen molar-refractivity contribution < 1.29 is 14.3 Å². The zero-order chi connectivity index (χ0) is 19.9. The number of carbonyl (C=O) groups is 1. The zero-order valence-corrected chi connectivity index (χ0v) is 16.5. The number of rotatable bonds is 8. The van der Waals surface area contributed by atoms with E-state index in [2.05, 4.69) is 5.10 Å². The number of benzene rings is 2. The first-order valence-electron chi connectivity index (χ1n) is 9.23. The molecule has 1 heterocycles. The van der Waals surface area contributed by atoms with Gasteiger partial charge in [-0.3, -0.25) is 9.48 Å². The maximum Gasteiger partial charge on any atom is 0.253 e. The smallest absolute Gasteiger partial charge is 0.253 e. The van der Waals surface area contributed by atoms with E-state index in [0.29, 0.717) is 25.3 Å². The fourth-order valence-electron chi connectivity index (χ4n) is 2.84. The Morgan fingerprint density at radius 1 is 1.07 bits per heavy atom. The normalized spacial score (nSPS) is 10.5. The Hall–Kier alpha value is -3.28. The maximum atomic E-state index is 12.7. The molecule has 0 N–H and O–H groups in total. The standard InChI is InChI=1S/C22H25N3O3/c1-4-27-20-8-10-21(11-9-20)28-16-17-6-5-7-18(14-17)22(26)24(2)15-19-12-13-25(3)23-19/h5-14H,4,15-16H2,1-3H3. The van der Waals surface area contributed by atoms with Gasteiger partial charge in [0.1, 0.15) is 18.1 Å². The highest BCUT2D eigenvalue weighted by molar-refractivity contribution is 5.94. The molecular formula is C22H25N3O3. The summed E-state index contributed by atoms with van der Waals surface area (Å²) in [5, 5.41) is 4.32. The molecule has 28 heavy (non-hydrogen) atoms. The molecule has 2 aromatic carbocycles. The molecule has 0 spiro atoms. The molecular weight excluding hydrogens is 354 g/mol. The number of ether oxygens (including phenoxy) is 2. The second kappa shape index (κ2) is 9.08. The van der Waals surface area contributed by atoms with Crippen LogP contribution in [0.2, 0.25) is 0 Å². The van der Waals surface area contributed by atoms with Crippen molar-refractivity contribution in [2.45, 2.75) is 20.1 Å². The van der Waals surface area contributed by atoms with Crippen molar-refractivity contribution >= 4 is 5.91 Å². The predicted octanol–water partition coefficient (Wildman–Crippen LogP) is 3.67. The van der Waals surface area contributed by atoms with E-state index < -0.39 is 0 Å². The van der Waals surface area contributed by atoms with Gasteiger partial charge in [0.05, 0.1) is 18.8 Å². The van der Waals surface area contributed by atoms with Crippen molar-refractivity contribution in [1.82, 2.24) is 14.7 Å². The van der Waals surface area contributed by atoms with Crippen molar-refractivity contribution in [3.8, 4) is 11.5 Å². The summed E-state index contributed by atoms with van der Waals surface area (Å²) in [6, 6.07) is 16.9. The molecule has 0 saturated carbocycles. The number of hydrogen-bond acceptors (Lipinski definition) is 4. The van der Waals surface area contributed by atoms with Crippen LogP contribution < -0.4 is 9.47 Å². The molecule has 146 valence electrons. The Labute approximate surface area is 165 Å². The van der Waals surface area contributed by atoms with Crippen LogP contribution in [0.15, 0.2) is 60.8 Å². The predicted molar refractivity (Wildman–Crippen MR) is 107 cm³/mol. The van der Waals surface area contributed by atoms with Gasteiger partial charge >= 0.3 is 0 Å². The van der Waals surface area contributed by atoms with Crippen molar-refractivity contribution in [1.29, 1.82) is 0 Å². The van der Waals surface area contributed by atoms with Gasteiger partial charge in [0.15, 0.2) is 0 Å². The molecule has 0 saturated heterocycles. The van der Waals surface area contributed by atoms with E-state index in [4.69, 9.17) is 9.47 Å². The molecule has 0 unspecified atom stereocenters. The monoisotopic (exact) mass is 379 g/mol. The molecule has 1 aromatic heterocycles. The largest absolute Gasteiger partial charge is 0.494 e. The van der Waals surface area contributed by atoms with Gasteiger partial charge in [0.2, 0.25) is 0 Å². The van der Waals surface area contributed by atoms with Gasteiger partial charge in [-0.25, -0.2) is 0 Å². The summed E-state index contributed by atoms with van der Waals surface area (Å²) in [5.74, 6) is 1.53. The van der Waals surface area contributed by atoms with E-state index in [9.17, 15) is 4.79 Å². The molecule has 0 radical (unpaired) electrons. The van der Waals surface area contributed by atoms with E-state index in [1.54, 1.807) is 16.6 Å². The summed E-state index contributed by atoms with van der Waals surface area (Å²) in [4.78, 5) is 14.4. The van der Waals surface area contributed by atoms with Crippen LogP contribution in [0, 0.1) is 0 Å². The van der Waals surface area contributed by atoms with Crippen molar-refractivity contribution in [3.05, 3.63) is 77.6 Å². The van der Waals surface area contributed by atoms with Crippen molar-refractivity contribution in [3.63, 3.8) is 0 Å². The molecule has 0 atom stereocenters. The lowest BCUT2D eigenvalue weighted by Gasteiger charge is -2.16. The molecule has 0 aliphatic carbocycles. The Morgan fingerprint density at radius 3 is 2.43 bits per heavy atom. The van der Waals surface area contributed by atoms with Crippen molar-refractivity contribution in [2.75, 3.05) is 13.7 Å². The number of nitrogens with zero attached hydrogens (tertiary/aromatic N) is 3. The summed E-state index contributed by atoms with van der Waals surface area (Å²) in [7, 11) is 3.64. The number of amides is 1. The van der Waals surface area contributed by atoms with Crippen molar-refractivity contribution in [2.24, 2.45) is 7.05 Å². The molecule has 1 amide bonds. The molecule has 6 nitrogen and oxygen atoms in total. The third-order valence-corrected chi connectivity index (χ3v) is 4.23. The van der Waals surface area contributed by atoms with Gasteiger partial charge in [-0.1, -0.05) is 12.1 Å². The first kappa shape index (κ1) is 19.5. The van der Waals surface area contributed by atoms with E-state index in [1.165, 1.54) is 0 Å². The van der Waals surface area contributed by atoms with E-state index in [1.807, 2.05) is 74.8 Å². The maximum absolute atomic E-state index is 12.7. The van der Waals surface area contributed by atoms with Gasteiger partial charge in [0, 0.05) is 25.9 Å². The minimum absolute atomic E-state index is 0.0476. The Bertz CT molecular complexity index is 919. The van der Waals surface area contributed by atoms with E-state index >= 15 is 0 Å². The van der Waals surface area contributed by atoms with Gasteiger partial charge in [-0.2, -0.15) is 5.10 Å². The van der Waals surface area contributed by atoms with Crippen LogP contribution in [0.5, 0.6) is 11.5 Å². The van der Waals surface area contributed by atoms with Crippen LogP contribution in [0.4, 0.5) is 0 Å². The van der Waals surface area contributed by atoms with Gasteiger partial charge in [-0.05, 0) is 55.0 Å². The highest BCUT2D eigenvalue weighted by atomic mass is 16.5. The van der Waals surface area contributed by atoms with Crippen LogP contribution in [0.1, 0.15) is 28.5 Å². The molecule has 0 aliphatic heterocycles. The third-order valence-electron chi connectivity index (χ3n) is 4.23. The summed E-state index contributed by atoms with van der Waals surface area (Å²) >= 11 is 0. The van der Waals surface area contributed by atoms with Crippen LogP contribution in [-0.4, -0.2) is 34.2 Å². The highest BCUT2D eigenvalue weighted by Gasteiger charge is 2.13. The van der Waals surface area contributed by atoms with Gasteiger partial charge < -0.3 is 14.4 Å². The summed E-state index contributed by atoms with van der Waals surface area (Å²) in [6.45, 7) is 3.44. The van der Waals surface area contributed by atoms with Gasteiger partial charge in [-0.15, -0.1) is 0 Å². The number of carbonyl (C=O) groups excluding carboxylic acids is 1. The Balaban J connectivity index is 1.60. The molecule has 6 heteroatoms. The number of aryl methyl sites for hydroxylation is 1. The fourth-order valence-corrected chi connectivity index (χ4v) is 2.84. The number of aromatic nitrogens is 2. The first-order chi connectivity index (χ1) is 13.5. The minimum atomic E-state index is -0.0476. The Morgan fingerprint density at radius 2 is 1.79 bits per heavy atom. The zero-order valence-electron chi connectivity index (χ0n) is 16.5. The molecule has 3 aromatic rings. The summed E-state index contributed by atoms with van der Waals surface area (Å²) in [6.07, 6.45) is 1.87. The van der Waals surface area contributed by atoms with E-state index in [0.717, 1.165) is 22.8 Å². The first-order valence-corrected chi connectivity index (χ1v) is 9.23. The van der Waals surface area contributed by atoms with Crippen LogP contribution in [-0.2, 0) is 20.2 Å². The van der Waals surface area contributed by atoms with E-state index in [-0.39, 0.29) is 5.91 Å². The lowest BCUT2D eigenvalue weighted by Crippen LogP contribution is -2.26. The topological polar surface area (TPSA) is 56.6 Å². The SMILES string of the molecule is CCOc1ccc(OCc2cccc(C(=O)N(C)Cc3ccn(C)n3)c2)cc1. The number of hydrogen-bond donors (Lipinski definition) is 0. The van der Waals surface area contributed by atoms with Gasteiger partial charge in [0.25, 0.3) is 5.91 Å². The fraction of sp³-hybridized carbons (Fsp3) is 0.273. The van der Waals surface area contributed by atoms with Crippen LogP contribution in [0.25, 0.3) is 0 Å². The molecule has 3 rings (SSSR count). The average molecular weight is 379 g/mol. The van der Waals surface area contributed by atoms with Crippen LogP contribution in [0.3, 0.4) is 0 Å². The quantitative estimate of drug-likeness (QED) is 0.599. The second-order valence-corrected chi connectivity index (χ2v) is 6.54. The third kappa shape index (κ3) is 5.13. The van der Waals surface area contributed by atoms with Crippen LogP contribution >= 0.6 is 0 Å². The summed E-state index contributed by atoms with van der Waals surface area (Å²) < 4.78 is 13.0. The lowest BCUT2D eigenvalue weighted by molar-refractivity contribution is 0.0783. The summed E-state index contributed by atoms with van der Waals surface area (Å²) in [5.41, 5.74) is 2.42. The second-order valence-electron chi connectivity index (χ2n) is 6.54. The average Bonchev–Trinajstić information content (AvgIpc) is 3.12. The molecule has 0 fully saturated rings. The highest BCUT2D eigenvalue weighted by Crippen LogP contribution is 2.19. The lowest BCUT2D eigenvalue weighted by atomic mass is 10.1. The Kier molecular flexibility index (Phi) is 6.32. The minimum Gasteiger partial charge on any atom is -0.494 e. The molecule has 0 aliphatic rings.